The molecule has 0 atom stereocenters. The molecule has 0 aliphatic heterocycles. The molecule has 1 aromatic carbocycles. The highest BCUT2D eigenvalue weighted by Gasteiger charge is 2.20. The number of carbonyl (C=O) groups excluding carboxylic acids is 1. The van der Waals surface area contributed by atoms with Gasteiger partial charge in [0, 0.05) is 32.9 Å². The summed E-state index contributed by atoms with van der Waals surface area (Å²) in [6.45, 7) is 0.120. The largest absolute Gasteiger partial charge is 0.348 e. The van der Waals surface area contributed by atoms with E-state index in [4.69, 9.17) is 0 Å². The van der Waals surface area contributed by atoms with E-state index in [1.165, 1.54) is 26.2 Å². The van der Waals surface area contributed by atoms with Crippen LogP contribution in [-0.4, -0.2) is 37.7 Å². The van der Waals surface area contributed by atoms with E-state index >= 15 is 0 Å². The molecule has 0 spiro atoms. The van der Waals surface area contributed by atoms with E-state index in [2.05, 4.69) is 10.3 Å². The highest BCUT2D eigenvalue weighted by Crippen LogP contribution is 2.18. The minimum absolute atomic E-state index is 0.120. The number of sulfonamides is 1. The summed E-state index contributed by atoms with van der Waals surface area (Å²) in [5.74, 6) is -0.322. The molecular weight excluding hydrogens is 326 g/mol. The maximum absolute atomic E-state index is 12.3. The summed E-state index contributed by atoms with van der Waals surface area (Å²) in [6.07, 6.45) is 4.60. The Morgan fingerprint density at radius 3 is 2.54 bits per heavy atom. The van der Waals surface area contributed by atoms with Gasteiger partial charge in [0.1, 0.15) is 0 Å². The normalized spacial score (nSPS) is 11.8. The van der Waals surface area contributed by atoms with Crippen LogP contribution >= 0.6 is 0 Å². The summed E-state index contributed by atoms with van der Waals surface area (Å²) in [5, 5.41) is 2.68. The Balaban J connectivity index is 2.08. The summed E-state index contributed by atoms with van der Waals surface area (Å²) in [4.78, 5) is 16.2. The van der Waals surface area contributed by atoms with Crippen LogP contribution in [0.4, 0.5) is 0 Å². The van der Waals surface area contributed by atoms with Gasteiger partial charge in [0.05, 0.1) is 10.6 Å². The molecule has 0 radical (unpaired) electrons. The molecule has 0 unspecified atom stereocenters. The number of hydrogen-bond acceptors (Lipinski definition) is 4. The number of pyridine rings is 1. The molecule has 1 amide bonds. The predicted molar refractivity (Wildman–Crippen MR) is 92.4 cm³/mol. The average molecular weight is 345 g/mol. The standard InChI is InChI=1S/C17H19N3O3S/c1-20(2)24(22,23)16-9-4-3-7-14(16)13-19-17(21)11-10-15-8-5-6-12-18-15/h3-12H,13H2,1-2H3,(H,19,21)/b11-10+. The lowest BCUT2D eigenvalue weighted by Crippen LogP contribution is -2.26. The van der Waals surface area contributed by atoms with Crippen molar-refractivity contribution in [2.75, 3.05) is 14.1 Å². The van der Waals surface area contributed by atoms with E-state index < -0.39 is 10.0 Å². The molecular formula is C17H19N3O3S. The molecule has 0 aliphatic carbocycles. The van der Waals surface area contributed by atoms with Gasteiger partial charge in [-0.15, -0.1) is 0 Å². The lowest BCUT2D eigenvalue weighted by Gasteiger charge is -2.15. The van der Waals surface area contributed by atoms with E-state index in [0.29, 0.717) is 11.3 Å². The van der Waals surface area contributed by atoms with Gasteiger partial charge >= 0.3 is 0 Å². The molecule has 2 aromatic rings. The van der Waals surface area contributed by atoms with Crippen LogP contribution in [0.1, 0.15) is 11.3 Å². The van der Waals surface area contributed by atoms with Crippen molar-refractivity contribution in [2.24, 2.45) is 0 Å². The first-order chi connectivity index (χ1) is 11.4. The SMILES string of the molecule is CN(C)S(=O)(=O)c1ccccc1CNC(=O)/C=C/c1ccccn1. The second kappa shape index (κ2) is 7.85. The van der Waals surface area contributed by atoms with Gasteiger partial charge < -0.3 is 5.32 Å². The van der Waals surface area contributed by atoms with Gasteiger partial charge in [-0.1, -0.05) is 24.3 Å². The van der Waals surface area contributed by atoms with Gasteiger partial charge in [-0.2, -0.15) is 0 Å². The molecule has 126 valence electrons. The second-order valence-corrected chi connectivity index (χ2v) is 7.32. The fourth-order valence-corrected chi connectivity index (χ4v) is 3.09. The third-order valence-electron chi connectivity index (χ3n) is 3.28. The molecule has 0 fully saturated rings. The highest BCUT2D eigenvalue weighted by atomic mass is 32.2. The summed E-state index contributed by atoms with van der Waals surface area (Å²) < 4.78 is 25.7. The summed E-state index contributed by atoms with van der Waals surface area (Å²) in [5.41, 5.74) is 1.20. The van der Waals surface area contributed by atoms with Gasteiger partial charge in [0.2, 0.25) is 15.9 Å². The first-order valence-corrected chi connectivity index (χ1v) is 8.72. The topological polar surface area (TPSA) is 79.4 Å². The molecule has 0 saturated carbocycles. The molecule has 6 nitrogen and oxygen atoms in total. The Morgan fingerprint density at radius 1 is 1.17 bits per heavy atom. The molecule has 0 aliphatic rings. The van der Waals surface area contributed by atoms with Crippen LogP contribution in [0.3, 0.4) is 0 Å². The van der Waals surface area contributed by atoms with Crippen LogP contribution in [0.5, 0.6) is 0 Å². The zero-order valence-electron chi connectivity index (χ0n) is 13.5. The molecule has 24 heavy (non-hydrogen) atoms. The fraction of sp³-hybridized carbons (Fsp3) is 0.176. The minimum atomic E-state index is -3.56. The third-order valence-corrected chi connectivity index (χ3v) is 5.19. The highest BCUT2D eigenvalue weighted by molar-refractivity contribution is 7.89. The molecule has 0 saturated heterocycles. The number of nitrogens with zero attached hydrogens (tertiary/aromatic N) is 2. The molecule has 2 rings (SSSR count). The third kappa shape index (κ3) is 4.50. The van der Waals surface area contributed by atoms with Crippen molar-refractivity contribution in [1.82, 2.24) is 14.6 Å². The van der Waals surface area contributed by atoms with E-state index in [0.717, 1.165) is 4.31 Å². The summed E-state index contributed by atoms with van der Waals surface area (Å²) in [6, 6.07) is 12.0. The Bertz CT molecular complexity index is 831. The number of nitrogens with one attached hydrogen (secondary N) is 1. The summed E-state index contributed by atoms with van der Waals surface area (Å²) >= 11 is 0. The molecule has 1 N–H and O–H groups in total. The van der Waals surface area contributed by atoms with Crippen LogP contribution < -0.4 is 5.32 Å². The zero-order valence-corrected chi connectivity index (χ0v) is 14.3. The Labute approximate surface area is 141 Å². The number of aromatic nitrogens is 1. The van der Waals surface area contributed by atoms with Gasteiger partial charge in [0.25, 0.3) is 0 Å². The second-order valence-electron chi connectivity index (χ2n) is 5.20. The number of benzene rings is 1. The van der Waals surface area contributed by atoms with Crippen molar-refractivity contribution in [3.05, 3.63) is 66.0 Å². The minimum Gasteiger partial charge on any atom is -0.348 e. The maximum atomic E-state index is 12.3. The Hall–Kier alpha value is -2.51. The number of rotatable bonds is 6. The van der Waals surface area contributed by atoms with Crippen molar-refractivity contribution < 1.29 is 13.2 Å². The predicted octanol–water partition coefficient (Wildman–Crippen LogP) is 1.66. The van der Waals surface area contributed by atoms with Gasteiger partial charge in [-0.3, -0.25) is 9.78 Å². The Morgan fingerprint density at radius 2 is 1.88 bits per heavy atom. The lowest BCUT2D eigenvalue weighted by atomic mass is 10.2. The van der Waals surface area contributed by atoms with Crippen LogP contribution in [0.25, 0.3) is 6.08 Å². The first-order valence-electron chi connectivity index (χ1n) is 7.28. The van der Waals surface area contributed by atoms with Gasteiger partial charge in [-0.05, 0) is 29.8 Å². The smallest absolute Gasteiger partial charge is 0.244 e. The maximum Gasteiger partial charge on any atom is 0.244 e. The van der Waals surface area contributed by atoms with E-state index in [1.54, 1.807) is 42.6 Å². The molecule has 7 heteroatoms. The van der Waals surface area contributed by atoms with Crippen LogP contribution in [0.15, 0.2) is 59.6 Å². The van der Waals surface area contributed by atoms with Gasteiger partial charge in [0.15, 0.2) is 0 Å². The Kier molecular flexibility index (Phi) is 5.83. The van der Waals surface area contributed by atoms with Crippen molar-refractivity contribution in [3.8, 4) is 0 Å². The quantitative estimate of drug-likeness (QED) is 0.808. The number of carbonyl (C=O) groups is 1. The first kappa shape index (κ1) is 17.8. The zero-order chi connectivity index (χ0) is 17.6. The van der Waals surface area contributed by atoms with Crippen LogP contribution in [0.2, 0.25) is 0 Å². The average Bonchev–Trinajstić information content (AvgIpc) is 2.59. The molecule has 1 heterocycles. The van der Waals surface area contributed by atoms with E-state index in [9.17, 15) is 13.2 Å². The van der Waals surface area contributed by atoms with Gasteiger partial charge in [-0.25, -0.2) is 12.7 Å². The van der Waals surface area contributed by atoms with E-state index in [-0.39, 0.29) is 17.3 Å². The molecule has 1 aromatic heterocycles. The monoisotopic (exact) mass is 345 g/mol. The molecule has 0 bridgehead atoms. The van der Waals surface area contributed by atoms with Crippen LogP contribution in [-0.2, 0) is 21.4 Å². The van der Waals surface area contributed by atoms with Crippen molar-refractivity contribution in [3.63, 3.8) is 0 Å². The summed E-state index contributed by atoms with van der Waals surface area (Å²) in [7, 11) is -0.612. The van der Waals surface area contributed by atoms with Crippen molar-refractivity contribution in [2.45, 2.75) is 11.4 Å². The van der Waals surface area contributed by atoms with Crippen molar-refractivity contribution in [1.29, 1.82) is 0 Å². The van der Waals surface area contributed by atoms with E-state index in [1.807, 2.05) is 6.07 Å². The fourth-order valence-electron chi connectivity index (χ4n) is 1.98. The van der Waals surface area contributed by atoms with Crippen LogP contribution in [0, 0.1) is 0 Å². The van der Waals surface area contributed by atoms with Crippen molar-refractivity contribution >= 4 is 22.0 Å². The lowest BCUT2D eigenvalue weighted by molar-refractivity contribution is -0.116. The number of amides is 1. The number of hydrogen-bond donors (Lipinski definition) is 1.